The summed E-state index contributed by atoms with van der Waals surface area (Å²) in [4.78, 5) is 20.6. The van der Waals surface area contributed by atoms with Crippen LogP contribution in [0.5, 0.6) is 0 Å². The molecule has 0 unspecified atom stereocenters. The molecule has 0 radical (unpaired) electrons. The van der Waals surface area contributed by atoms with Crippen molar-refractivity contribution in [1.82, 2.24) is 9.97 Å². The standard InChI is InChI=1S/C21H22N4O2/c1-27-20(26)17-11-5-6-12-18(17)24-19-13-15-23-21(25-19)22-14-7-10-16-8-3-2-4-9-16/h2-6,8-9,11-13,15H,7,10,14H2,1H3,(H2,22,23,24,25). The van der Waals surface area contributed by atoms with Gasteiger partial charge in [0.15, 0.2) is 0 Å². The minimum Gasteiger partial charge on any atom is -0.465 e. The molecule has 6 heteroatoms. The number of aryl methyl sites for hydroxylation is 1. The van der Waals surface area contributed by atoms with E-state index in [9.17, 15) is 4.79 Å². The highest BCUT2D eigenvalue weighted by molar-refractivity contribution is 5.96. The van der Waals surface area contributed by atoms with Crippen molar-refractivity contribution >= 4 is 23.4 Å². The van der Waals surface area contributed by atoms with Gasteiger partial charge in [-0.2, -0.15) is 4.98 Å². The van der Waals surface area contributed by atoms with Crippen LogP contribution < -0.4 is 10.6 Å². The van der Waals surface area contributed by atoms with Crippen LogP contribution in [0.4, 0.5) is 17.5 Å². The van der Waals surface area contributed by atoms with Crippen LogP contribution in [-0.2, 0) is 11.2 Å². The molecule has 3 rings (SSSR count). The van der Waals surface area contributed by atoms with Crippen LogP contribution in [0.2, 0.25) is 0 Å². The first-order valence-electron chi connectivity index (χ1n) is 8.81. The van der Waals surface area contributed by atoms with Crippen LogP contribution in [0, 0.1) is 0 Å². The Labute approximate surface area is 158 Å². The maximum Gasteiger partial charge on any atom is 0.339 e. The van der Waals surface area contributed by atoms with Crippen molar-refractivity contribution in [3.05, 3.63) is 78.0 Å². The number of rotatable bonds is 8. The number of methoxy groups -OCH3 is 1. The van der Waals surface area contributed by atoms with Crippen molar-refractivity contribution in [3.8, 4) is 0 Å². The Balaban J connectivity index is 1.58. The predicted molar refractivity (Wildman–Crippen MR) is 106 cm³/mol. The van der Waals surface area contributed by atoms with Crippen LogP contribution in [-0.4, -0.2) is 29.6 Å². The monoisotopic (exact) mass is 362 g/mol. The third kappa shape index (κ3) is 5.28. The normalized spacial score (nSPS) is 10.3. The minimum absolute atomic E-state index is 0.397. The molecule has 0 saturated carbocycles. The molecule has 2 N–H and O–H groups in total. The molecular formula is C21H22N4O2. The number of anilines is 3. The third-order valence-electron chi connectivity index (χ3n) is 4.02. The molecule has 3 aromatic rings. The first-order chi connectivity index (χ1) is 13.3. The van der Waals surface area contributed by atoms with Gasteiger partial charge in [0.05, 0.1) is 18.4 Å². The highest BCUT2D eigenvalue weighted by atomic mass is 16.5. The lowest BCUT2D eigenvalue weighted by Gasteiger charge is -2.11. The maximum absolute atomic E-state index is 11.9. The van der Waals surface area contributed by atoms with E-state index >= 15 is 0 Å². The zero-order valence-corrected chi connectivity index (χ0v) is 15.2. The fraction of sp³-hybridized carbons (Fsp3) is 0.190. The van der Waals surface area contributed by atoms with Gasteiger partial charge in [0.25, 0.3) is 0 Å². The average Bonchev–Trinajstić information content (AvgIpc) is 2.72. The summed E-state index contributed by atoms with van der Waals surface area (Å²) < 4.78 is 4.82. The number of ether oxygens (including phenoxy) is 1. The van der Waals surface area contributed by atoms with Gasteiger partial charge in [0.1, 0.15) is 5.82 Å². The summed E-state index contributed by atoms with van der Waals surface area (Å²) >= 11 is 0. The van der Waals surface area contributed by atoms with Crippen LogP contribution in [0.15, 0.2) is 66.9 Å². The van der Waals surface area contributed by atoms with Gasteiger partial charge in [-0.1, -0.05) is 42.5 Å². The highest BCUT2D eigenvalue weighted by Gasteiger charge is 2.11. The van der Waals surface area contributed by atoms with E-state index in [1.807, 2.05) is 24.3 Å². The highest BCUT2D eigenvalue weighted by Crippen LogP contribution is 2.20. The van der Waals surface area contributed by atoms with E-state index in [4.69, 9.17) is 4.74 Å². The Morgan fingerprint density at radius 1 is 1.04 bits per heavy atom. The molecule has 0 fully saturated rings. The SMILES string of the molecule is COC(=O)c1ccccc1Nc1ccnc(NCCCc2ccccc2)n1. The van der Waals surface area contributed by atoms with Crippen LogP contribution in [0.25, 0.3) is 0 Å². The summed E-state index contributed by atoms with van der Waals surface area (Å²) in [5.41, 5.74) is 2.41. The zero-order valence-electron chi connectivity index (χ0n) is 15.2. The van der Waals surface area contributed by atoms with Gasteiger partial charge in [0.2, 0.25) is 5.95 Å². The lowest BCUT2D eigenvalue weighted by atomic mass is 10.1. The molecule has 1 aromatic heterocycles. The van der Waals surface area contributed by atoms with Crippen molar-refractivity contribution < 1.29 is 9.53 Å². The Kier molecular flexibility index (Phi) is 6.35. The molecule has 1 heterocycles. The van der Waals surface area contributed by atoms with Gasteiger partial charge in [-0.25, -0.2) is 9.78 Å². The van der Waals surface area contributed by atoms with Crippen molar-refractivity contribution in [2.24, 2.45) is 0 Å². The summed E-state index contributed by atoms with van der Waals surface area (Å²) in [7, 11) is 1.36. The van der Waals surface area contributed by atoms with Crippen molar-refractivity contribution in [2.45, 2.75) is 12.8 Å². The molecule has 0 aliphatic carbocycles. The van der Waals surface area contributed by atoms with E-state index in [0.29, 0.717) is 23.0 Å². The number of carbonyl (C=O) groups is 1. The Hall–Kier alpha value is -3.41. The Morgan fingerprint density at radius 2 is 1.81 bits per heavy atom. The largest absolute Gasteiger partial charge is 0.465 e. The van der Waals surface area contributed by atoms with Gasteiger partial charge >= 0.3 is 5.97 Å². The second-order valence-corrected chi connectivity index (χ2v) is 5.94. The van der Waals surface area contributed by atoms with E-state index in [-0.39, 0.29) is 0 Å². The number of esters is 1. The fourth-order valence-electron chi connectivity index (χ4n) is 2.67. The van der Waals surface area contributed by atoms with Crippen LogP contribution in [0.3, 0.4) is 0 Å². The molecule has 0 saturated heterocycles. The lowest BCUT2D eigenvalue weighted by Crippen LogP contribution is -2.09. The van der Waals surface area contributed by atoms with Gasteiger partial charge in [-0.3, -0.25) is 0 Å². The predicted octanol–water partition coefficient (Wildman–Crippen LogP) is 4.05. The molecule has 6 nitrogen and oxygen atoms in total. The Morgan fingerprint density at radius 3 is 2.63 bits per heavy atom. The van der Waals surface area contributed by atoms with E-state index in [1.54, 1.807) is 30.5 Å². The second-order valence-electron chi connectivity index (χ2n) is 5.94. The van der Waals surface area contributed by atoms with E-state index in [1.165, 1.54) is 12.7 Å². The van der Waals surface area contributed by atoms with Gasteiger partial charge in [0, 0.05) is 12.7 Å². The van der Waals surface area contributed by atoms with Gasteiger partial charge in [-0.05, 0) is 36.6 Å². The summed E-state index contributed by atoms with van der Waals surface area (Å²) in [6.45, 7) is 0.775. The van der Waals surface area contributed by atoms with E-state index < -0.39 is 5.97 Å². The van der Waals surface area contributed by atoms with E-state index in [2.05, 4.69) is 32.7 Å². The second kappa shape index (κ2) is 9.33. The molecule has 0 aliphatic rings. The number of nitrogens with zero attached hydrogens (tertiary/aromatic N) is 2. The first kappa shape index (κ1) is 18.4. The number of hydrogen-bond acceptors (Lipinski definition) is 6. The Bertz CT molecular complexity index is 884. The van der Waals surface area contributed by atoms with Gasteiger partial charge in [-0.15, -0.1) is 0 Å². The maximum atomic E-state index is 11.9. The van der Waals surface area contributed by atoms with Crippen LogP contribution >= 0.6 is 0 Å². The molecule has 0 amide bonds. The van der Waals surface area contributed by atoms with Crippen molar-refractivity contribution in [1.29, 1.82) is 0 Å². The van der Waals surface area contributed by atoms with Crippen molar-refractivity contribution in [2.75, 3.05) is 24.3 Å². The quantitative estimate of drug-likeness (QED) is 0.465. The minimum atomic E-state index is -0.397. The first-order valence-corrected chi connectivity index (χ1v) is 8.81. The molecule has 138 valence electrons. The number of para-hydroxylation sites is 1. The molecule has 2 aromatic carbocycles. The number of aromatic nitrogens is 2. The van der Waals surface area contributed by atoms with Gasteiger partial charge < -0.3 is 15.4 Å². The number of carbonyl (C=O) groups excluding carboxylic acids is 1. The zero-order chi connectivity index (χ0) is 18.9. The summed E-state index contributed by atoms with van der Waals surface area (Å²) in [5, 5.41) is 6.39. The third-order valence-corrected chi connectivity index (χ3v) is 4.02. The molecule has 0 spiro atoms. The van der Waals surface area contributed by atoms with E-state index in [0.717, 1.165) is 19.4 Å². The molecule has 0 atom stereocenters. The number of hydrogen-bond donors (Lipinski definition) is 2. The lowest BCUT2D eigenvalue weighted by molar-refractivity contribution is 0.0602. The summed E-state index contributed by atoms with van der Waals surface area (Å²) in [6.07, 6.45) is 3.66. The number of benzene rings is 2. The van der Waals surface area contributed by atoms with Crippen molar-refractivity contribution in [3.63, 3.8) is 0 Å². The topological polar surface area (TPSA) is 76.1 Å². The number of nitrogens with one attached hydrogen (secondary N) is 2. The molecule has 27 heavy (non-hydrogen) atoms. The molecule has 0 aliphatic heterocycles. The summed E-state index contributed by atoms with van der Waals surface area (Å²) in [6, 6.07) is 19.3. The average molecular weight is 362 g/mol. The molecule has 0 bridgehead atoms. The smallest absolute Gasteiger partial charge is 0.339 e. The fourth-order valence-corrected chi connectivity index (χ4v) is 2.67. The summed E-state index contributed by atoms with van der Waals surface area (Å²) in [5.74, 6) is 0.752. The molecular weight excluding hydrogens is 340 g/mol. The van der Waals surface area contributed by atoms with Crippen LogP contribution in [0.1, 0.15) is 22.3 Å².